The Balaban J connectivity index is 4.46. The molecule has 0 saturated carbocycles. The third-order valence-corrected chi connectivity index (χ3v) is 2.84. The number of carbonyl (C=O) groups is 3. The number of carboxylic acids is 1. The van der Waals surface area contributed by atoms with Crippen LogP contribution in [0.2, 0.25) is 0 Å². The van der Waals surface area contributed by atoms with Crippen LogP contribution in [-0.4, -0.2) is 35.6 Å². The molecule has 0 bridgehead atoms. The molecule has 116 valence electrons. The van der Waals surface area contributed by atoms with Crippen molar-refractivity contribution in [2.45, 2.75) is 46.1 Å². The zero-order valence-corrected chi connectivity index (χ0v) is 12.3. The van der Waals surface area contributed by atoms with Crippen LogP contribution in [0.3, 0.4) is 0 Å². The number of carbonyl (C=O) groups excluding carboxylic acids is 2. The lowest BCUT2D eigenvalue weighted by Gasteiger charge is -2.19. The van der Waals surface area contributed by atoms with Crippen molar-refractivity contribution in [2.24, 2.45) is 17.6 Å². The molecule has 0 rings (SSSR count). The van der Waals surface area contributed by atoms with Crippen LogP contribution in [0.1, 0.15) is 40.0 Å². The first-order valence-corrected chi connectivity index (χ1v) is 6.84. The van der Waals surface area contributed by atoms with Gasteiger partial charge in [0.05, 0.1) is 5.92 Å². The van der Waals surface area contributed by atoms with E-state index in [0.717, 1.165) is 0 Å². The molecule has 0 aliphatic carbocycles. The van der Waals surface area contributed by atoms with Crippen molar-refractivity contribution in [1.82, 2.24) is 10.6 Å². The van der Waals surface area contributed by atoms with E-state index in [2.05, 4.69) is 10.6 Å². The Morgan fingerprint density at radius 2 is 1.85 bits per heavy atom. The molecule has 7 heteroatoms. The van der Waals surface area contributed by atoms with Crippen LogP contribution >= 0.6 is 0 Å². The summed E-state index contributed by atoms with van der Waals surface area (Å²) in [6.45, 7) is 5.77. The molecule has 7 nitrogen and oxygen atoms in total. The highest BCUT2D eigenvalue weighted by Crippen LogP contribution is 2.11. The first-order chi connectivity index (χ1) is 9.27. The van der Waals surface area contributed by atoms with Crippen LogP contribution in [0.4, 0.5) is 4.79 Å². The zero-order chi connectivity index (χ0) is 15.7. The fourth-order valence-corrected chi connectivity index (χ4v) is 1.92. The molecule has 0 radical (unpaired) electrons. The third-order valence-electron chi connectivity index (χ3n) is 2.84. The van der Waals surface area contributed by atoms with Crippen LogP contribution in [0.15, 0.2) is 0 Å². The molecule has 0 aliphatic rings. The van der Waals surface area contributed by atoms with Crippen molar-refractivity contribution >= 4 is 17.9 Å². The number of aliphatic carboxylic acids is 1. The Bertz CT molecular complexity index is 345. The number of nitrogens with two attached hydrogens (primary N) is 1. The van der Waals surface area contributed by atoms with Crippen LogP contribution in [-0.2, 0) is 9.59 Å². The van der Waals surface area contributed by atoms with Crippen molar-refractivity contribution < 1.29 is 19.5 Å². The molecule has 5 N–H and O–H groups in total. The number of amides is 3. The fraction of sp³-hybridized carbons (Fsp3) is 0.769. The highest BCUT2D eigenvalue weighted by molar-refractivity contribution is 5.86. The van der Waals surface area contributed by atoms with E-state index in [0.29, 0.717) is 19.3 Å². The van der Waals surface area contributed by atoms with Gasteiger partial charge in [0.15, 0.2) is 0 Å². The quantitative estimate of drug-likeness (QED) is 0.498. The average Bonchev–Trinajstić information content (AvgIpc) is 2.32. The van der Waals surface area contributed by atoms with E-state index in [9.17, 15) is 14.4 Å². The molecule has 0 aliphatic heterocycles. The maximum atomic E-state index is 11.9. The van der Waals surface area contributed by atoms with Crippen molar-refractivity contribution in [3.05, 3.63) is 0 Å². The van der Waals surface area contributed by atoms with Gasteiger partial charge in [-0.2, -0.15) is 0 Å². The lowest BCUT2D eigenvalue weighted by atomic mass is 9.97. The summed E-state index contributed by atoms with van der Waals surface area (Å²) in [7, 11) is 0. The monoisotopic (exact) mass is 287 g/mol. The van der Waals surface area contributed by atoms with Gasteiger partial charge < -0.3 is 21.5 Å². The molecule has 2 atom stereocenters. The van der Waals surface area contributed by atoms with Gasteiger partial charge in [-0.25, -0.2) is 4.79 Å². The van der Waals surface area contributed by atoms with Gasteiger partial charge in [-0.3, -0.25) is 9.59 Å². The van der Waals surface area contributed by atoms with E-state index in [-0.39, 0.29) is 12.5 Å². The summed E-state index contributed by atoms with van der Waals surface area (Å²) < 4.78 is 0. The lowest BCUT2D eigenvalue weighted by Crippen LogP contribution is -2.49. The molecular formula is C13H25N3O4. The summed E-state index contributed by atoms with van der Waals surface area (Å²) in [5, 5.41) is 14.0. The molecule has 0 fully saturated rings. The van der Waals surface area contributed by atoms with Crippen molar-refractivity contribution in [1.29, 1.82) is 0 Å². The van der Waals surface area contributed by atoms with Gasteiger partial charge >= 0.3 is 12.0 Å². The zero-order valence-electron chi connectivity index (χ0n) is 12.3. The highest BCUT2D eigenvalue weighted by atomic mass is 16.4. The number of nitrogens with one attached hydrogen (secondary N) is 2. The number of hydrogen-bond acceptors (Lipinski definition) is 3. The minimum absolute atomic E-state index is 0.0486. The predicted molar refractivity (Wildman–Crippen MR) is 75.0 cm³/mol. The Kier molecular flexibility index (Phi) is 8.35. The number of urea groups is 1. The van der Waals surface area contributed by atoms with E-state index in [1.54, 1.807) is 0 Å². The third kappa shape index (κ3) is 7.60. The molecule has 0 aromatic carbocycles. The van der Waals surface area contributed by atoms with E-state index >= 15 is 0 Å². The molecule has 20 heavy (non-hydrogen) atoms. The van der Waals surface area contributed by atoms with Crippen LogP contribution in [0.25, 0.3) is 0 Å². The second kappa shape index (κ2) is 9.17. The van der Waals surface area contributed by atoms with Crippen molar-refractivity contribution in [3.63, 3.8) is 0 Å². The SMILES string of the molecule is CCC[C@@H](NC(N)=O)C(=O)NCC(CC(C)C)C(=O)O. The second-order valence-corrected chi connectivity index (χ2v) is 5.26. The Labute approximate surface area is 119 Å². The second-order valence-electron chi connectivity index (χ2n) is 5.26. The minimum atomic E-state index is -0.936. The molecular weight excluding hydrogens is 262 g/mol. The molecule has 0 heterocycles. The molecule has 0 aromatic heterocycles. The largest absolute Gasteiger partial charge is 0.481 e. The number of carboxylic acid groups (broad SMARTS) is 1. The van der Waals surface area contributed by atoms with Gasteiger partial charge in [-0.15, -0.1) is 0 Å². The van der Waals surface area contributed by atoms with Gasteiger partial charge in [0, 0.05) is 6.54 Å². The van der Waals surface area contributed by atoms with Gasteiger partial charge in [-0.1, -0.05) is 27.2 Å². The van der Waals surface area contributed by atoms with Crippen LogP contribution in [0, 0.1) is 11.8 Å². The Hall–Kier alpha value is -1.79. The first kappa shape index (κ1) is 18.2. The average molecular weight is 287 g/mol. The standard InChI is InChI=1S/C13H25N3O4/c1-4-5-10(16-13(14)20)11(17)15-7-9(12(18)19)6-8(2)3/h8-10H,4-7H2,1-3H3,(H,15,17)(H,18,19)(H3,14,16,20)/t9?,10-/m1/s1. The van der Waals surface area contributed by atoms with Crippen molar-refractivity contribution in [2.75, 3.05) is 6.54 Å². The van der Waals surface area contributed by atoms with E-state index in [1.807, 2.05) is 20.8 Å². The lowest BCUT2D eigenvalue weighted by molar-refractivity contribution is -0.142. The smallest absolute Gasteiger partial charge is 0.312 e. The maximum Gasteiger partial charge on any atom is 0.312 e. The molecule has 0 aromatic rings. The normalized spacial score (nSPS) is 13.6. The summed E-state index contributed by atoms with van der Waals surface area (Å²) >= 11 is 0. The van der Waals surface area contributed by atoms with E-state index in [1.165, 1.54) is 0 Å². The summed E-state index contributed by atoms with van der Waals surface area (Å²) in [5.74, 6) is -1.74. The maximum absolute atomic E-state index is 11.9. The fourth-order valence-electron chi connectivity index (χ4n) is 1.92. The number of rotatable bonds is 9. The van der Waals surface area contributed by atoms with E-state index in [4.69, 9.17) is 10.8 Å². The predicted octanol–water partition coefficient (Wildman–Crippen LogP) is 0.687. The van der Waals surface area contributed by atoms with Crippen molar-refractivity contribution in [3.8, 4) is 0 Å². The summed E-state index contributed by atoms with van der Waals surface area (Å²) in [4.78, 5) is 33.8. The number of hydrogen-bond donors (Lipinski definition) is 4. The number of primary amides is 1. The van der Waals surface area contributed by atoms with Gasteiger partial charge in [0.2, 0.25) is 5.91 Å². The van der Waals surface area contributed by atoms with Gasteiger partial charge in [0.25, 0.3) is 0 Å². The molecule has 1 unspecified atom stereocenters. The van der Waals surface area contributed by atoms with Crippen LogP contribution in [0.5, 0.6) is 0 Å². The molecule has 0 saturated heterocycles. The van der Waals surface area contributed by atoms with Crippen LogP contribution < -0.4 is 16.4 Å². The minimum Gasteiger partial charge on any atom is -0.481 e. The molecule has 0 spiro atoms. The Morgan fingerprint density at radius 3 is 2.25 bits per heavy atom. The van der Waals surface area contributed by atoms with Gasteiger partial charge in [-0.05, 0) is 18.8 Å². The highest BCUT2D eigenvalue weighted by Gasteiger charge is 2.23. The topological polar surface area (TPSA) is 122 Å². The summed E-state index contributed by atoms with van der Waals surface area (Å²) in [6.07, 6.45) is 1.64. The molecule has 3 amide bonds. The van der Waals surface area contributed by atoms with E-state index < -0.39 is 29.9 Å². The van der Waals surface area contributed by atoms with Gasteiger partial charge in [0.1, 0.15) is 6.04 Å². The summed E-state index contributed by atoms with van der Waals surface area (Å²) in [6, 6.07) is -1.48. The summed E-state index contributed by atoms with van der Waals surface area (Å²) in [5.41, 5.74) is 5.01. The Morgan fingerprint density at radius 1 is 1.25 bits per heavy atom. The first-order valence-electron chi connectivity index (χ1n) is 6.84.